The van der Waals surface area contributed by atoms with E-state index in [1.807, 2.05) is 55.8 Å². The second-order valence-electron chi connectivity index (χ2n) is 8.01. The molecule has 0 unspecified atom stereocenters. The van der Waals surface area contributed by atoms with Crippen LogP contribution in [0.2, 0.25) is 0 Å². The molecule has 2 aromatic heterocycles. The van der Waals surface area contributed by atoms with Crippen molar-refractivity contribution in [2.24, 2.45) is 0 Å². The number of nitrogens with one attached hydrogen (secondary N) is 2. The number of amides is 2. The van der Waals surface area contributed by atoms with E-state index in [1.54, 1.807) is 30.5 Å². The largest absolute Gasteiger partial charge is 0.326 e. The summed E-state index contributed by atoms with van der Waals surface area (Å²) in [6.07, 6.45) is 1.69. The van der Waals surface area contributed by atoms with E-state index < -0.39 is 0 Å². The summed E-state index contributed by atoms with van der Waals surface area (Å²) in [6, 6.07) is 16.9. The first-order chi connectivity index (χ1) is 15.3. The SMILES string of the molecule is CC(=O)Nc1cccc(NC(=O)c2cc(-c3ccccc3C)nc3c2cnn3C(C)C)c1. The summed E-state index contributed by atoms with van der Waals surface area (Å²) in [5.41, 5.74) is 5.11. The Balaban J connectivity index is 1.80. The number of benzene rings is 2. The molecular formula is C25H25N5O2. The fraction of sp³-hybridized carbons (Fsp3) is 0.200. The molecule has 0 atom stereocenters. The zero-order valence-corrected chi connectivity index (χ0v) is 18.5. The summed E-state index contributed by atoms with van der Waals surface area (Å²) in [6.45, 7) is 7.52. The average Bonchev–Trinajstić information content (AvgIpc) is 3.17. The maximum absolute atomic E-state index is 13.3. The van der Waals surface area contributed by atoms with Crippen LogP contribution in [0.3, 0.4) is 0 Å². The molecule has 0 spiro atoms. The smallest absolute Gasteiger partial charge is 0.256 e. The second-order valence-corrected chi connectivity index (χ2v) is 8.01. The van der Waals surface area contributed by atoms with Gasteiger partial charge in [-0.15, -0.1) is 0 Å². The summed E-state index contributed by atoms with van der Waals surface area (Å²) in [4.78, 5) is 29.6. The Morgan fingerprint density at radius 3 is 2.38 bits per heavy atom. The van der Waals surface area contributed by atoms with Crippen molar-refractivity contribution in [3.05, 3.63) is 71.9 Å². The molecular weight excluding hydrogens is 402 g/mol. The van der Waals surface area contributed by atoms with Crippen LogP contribution in [0.25, 0.3) is 22.3 Å². The van der Waals surface area contributed by atoms with Gasteiger partial charge in [0, 0.05) is 29.9 Å². The van der Waals surface area contributed by atoms with Crippen molar-refractivity contribution >= 4 is 34.2 Å². The van der Waals surface area contributed by atoms with Crippen LogP contribution < -0.4 is 10.6 Å². The van der Waals surface area contributed by atoms with Gasteiger partial charge in [-0.25, -0.2) is 9.67 Å². The van der Waals surface area contributed by atoms with Crippen LogP contribution in [0.1, 0.15) is 42.7 Å². The molecule has 2 aromatic carbocycles. The molecule has 7 heteroatoms. The second kappa shape index (κ2) is 8.63. The third-order valence-corrected chi connectivity index (χ3v) is 5.16. The highest BCUT2D eigenvalue weighted by Crippen LogP contribution is 2.29. The van der Waals surface area contributed by atoms with Gasteiger partial charge in [-0.3, -0.25) is 9.59 Å². The van der Waals surface area contributed by atoms with Gasteiger partial charge in [-0.05, 0) is 50.6 Å². The predicted molar refractivity (Wildman–Crippen MR) is 127 cm³/mol. The number of hydrogen-bond donors (Lipinski definition) is 2. The minimum atomic E-state index is -0.268. The molecule has 2 heterocycles. The Labute approximate surface area is 186 Å². The van der Waals surface area contributed by atoms with Gasteiger partial charge in [0.1, 0.15) is 0 Å². The standard InChI is InChI=1S/C25H25N5O2/c1-15(2)30-24-22(14-26-30)21(13-23(29-24)20-11-6-5-8-16(20)3)25(32)28-19-10-7-9-18(12-19)27-17(4)31/h5-15H,1-4H3,(H,27,31)(H,28,32). The van der Waals surface area contributed by atoms with Crippen LogP contribution in [0.15, 0.2) is 60.8 Å². The zero-order valence-electron chi connectivity index (χ0n) is 18.5. The molecule has 0 aliphatic heterocycles. The lowest BCUT2D eigenvalue weighted by atomic mass is 10.0. The van der Waals surface area contributed by atoms with Crippen molar-refractivity contribution in [1.29, 1.82) is 0 Å². The average molecular weight is 428 g/mol. The van der Waals surface area contributed by atoms with E-state index in [9.17, 15) is 9.59 Å². The van der Waals surface area contributed by atoms with E-state index in [0.717, 1.165) is 16.8 Å². The van der Waals surface area contributed by atoms with E-state index >= 15 is 0 Å². The van der Waals surface area contributed by atoms with E-state index in [0.29, 0.717) is 28.0 Å². The van der Waals surface area contributed by atoms with Gasteiger partial charge in [0.2, 0.25) is 5.91 Å². The van der Waals surface area contributed by atoms with E-state index in [2.05, 4.69) is 15.7 Å². The number of nitrogens with zero attached hydrogens (tertiary/aromatic N) is 3. The minimum Gasteiger partial charge on any atom is -0.326 e. The number of carbonyl (C=O) groups excluding carboxylic acids is 2. The molecule has 0 radical (unpaired) electrons. The minimum absolute atomic E-state index is 0.0948. The molecule has 0 fully saturated rings. The molecule has 7 nitrogen and oxygen atoms in total. The Morgan fingerprint density at radius 1 is 0.969 bits per heavy atom. The van der Waals surface area contributed by atoms with Crippen LogP contribution >= 0.6 is 0 Å². The van der Waals surface area contributed by atoms with Crippen molar-refractivity contribution in [2.75, 3.05) is 10.6 Å². The van der Waals surface area contributed by atoms with E-state index in [-0.39, 0.29) is 17.9 Å². The van der Waals surface area contributed by atoms with Crippen LogP contribution in [-0.2, 0) is 4.79 Å². The Bertz CT molecular complexity index is 1320. The third kappa shape index (κ3) is 4.23. The lowest BCUT2D eigenvalue weighted by molar-refractivity contribution is -0.114. The predicted octanol–water partition coefficient (Wildman–Crippen LogP) is 5.20. The number of anilines is 2. The maximum atomic E-state index is 13.3. The number of rotatable bonds is 5. The van der Waals surface area contributed by atoms with Gasteiger partial charge in [0.25, 0.3) is 5.91 Å². The highest BCUT2D eigenvalue weighted by Gasteiger charge is 2.19. The molecule has 0 saturated heterocycles. The molecule has 32 heavy (non-hydrogen) atoms. The fourth-order valence-electron chi connectivity index (χ4n) is 3.66. The molecule has 162 valence electrons. The quantitative estimate of drug-likeness (QED) is 0.458. The van der Waals surface area contributed by atoms with Crippen molar-refractivity contribution in [2.45, 2.75) is 33.7 Å². The van der Waals surface area contributed by atoms with Crippen molar-refractivity contribution < 1.29 is 9.59 Å². The number of aromatic nitrogens is 3. The summed E-state index contributed by atoms with van der Waals surface area (Å²) >= 11 is 0. The first kappa shape index (κ1) is 21.2. The molecule has 2 amide bonds. The summed E-state index contributed by atoms with van der Waals surface area (Å²) in [7, 11) is 0. The Hall–Kier alpha value is -4.00. The first-order valence-electron chi connectivity index (χ1n) is 10.5. The number of carbonyl (C=O) groups is 2. The topological polar surface area (TPSA) is 88.9 Å². The number of hydrogen-bond acceptors (Lipinski definition) is 4. The number of aryl methyl sites for hydroxylation is 1. The fourth-order valence-corrected chi connectivity index (χ4v) is 3.66. The first-order valence-corrected chi connectivity index (χ1v) is 10.5. The van der Waals surface area contributed by atoms with Crippen molar-refractivity contribution in [1.82, 2.24) is 14.8 Å². The Kier molecular flexibility index (Phi) is 5.73. The molecule has 0 aliphatic carbocycles. The Morgan fingerprint density at radius 2 is 1.69 bits per heavy atom. The molecule has 4 aromatic rings. The molecule has 0 aliphatic rings. The lowest BCUT2D eigenvalue weighted by Gasteiger charge is -2.12. The third-order valence-electron chi connectivity index (χ3n) is 5.16. The van der Waals surface area contributed by atoms with Gasteiger partial charge in [0.05, 0.1) is 22.8 Å². The molecule has 2 N–H and O–H groups in total. The molecule has 4 rings (SSSR count). The summed E-state index contributed by atoms with van der Waals surface area (Å²) in [5, 5.41) is 10.8. The van der Waals surface area contributed by atoms with Crippen molar-refractivity contribution in [3.63, 3.8) is 0 Å². The number of pyridine rings is 1. The summed E-state index contributed by atoms with van der Waals surface area (Å²) in [5.74, 6) is -0.441. The van der Waals surface area contributed by atoms with Gasteiger partial charge < -0.3 is 10.6 Å². The van der Waals surface area contributed by atoms with Crippen molar-refractivity contribution in [3.8, 4) is 11.3 Å². The zero-order chi connectivity index (χ0) is 22.8. The van der Waals surface area contributed by atoms with E-state index in [1.165, 1.54) is 6.92 Å². The number of fused-ring (bicyclic) bond motifs is 1. The van der Waals surface area contributed by atoms with Gasteiger partial charge in [0.15, 0.2) is 5.65 Å². The van der Waals surface area contributed by atoms with Crippen LogP contribution in [0, 0.1) is 6.92 Å². The normalized spacial score (nSPS) is 11.0. The highest BCUT2D eigenvalue weighted by atomic mass is 16.2. The molecule has 0 saturated carbocycles. The maximum Gasteiger partial charge on any atom is 0.256 e. The van der Waals surface area contributed by atoms with Gasteiger partial charge >= 0.3 is 0 Å². The summed E-state index contributed by atoms with van der Waals surface area (Å²) < 4.78 is 1.82. The molecule has 0 bridgehead atoms. The van der Waals surface area contributed by atoms with Crippen LogP contribution in [0.5, 0.6) is 0 Å². The lowest BCUT2D eigenvalue weighted by Crippen LogP contribution is -2.14. The van der Waals surface area contributed by atoms with Crippen LogP contribution in [0.4, 0.5) is 11.4 Å². The van der Waals surface area contributed by atoms with Gasteiger partial charge in [-0.1, -0.05) is 30.3 Å². The van der Waals surface area contributed by atoms with Gasteiger partial charge in [-0.2, -0.15) is 5.10 Å². The van der Waals surface area contributed by atoms with Crippen LogP contribution in [-0.4, -0.2) is 26.6 Å². The monoisotopic (exact) mass is 427 g/mol. The van der Waals surface area contributed by atoms with E-state index in [4.69, 9.17) is 4.98 Å². The highest BCUT2D eigenvalue weighted by molar-refractivity contribution is 6.12.